The number of nitrogens with zero attached hydrogens (tertiary/aromatic N) is 2. The van der Waals surface area contributed by atoms with E-state index < -0.39 is 17.5 Å². The molecule has 1 aromatic carbocycles. The summed E-state index contributed by atoms with van der Waals surface area (Å²) >= 11 is 0. The Morgan fingerprint density at radius 1 is 1.46 bits per heavy atom. The highest BCUT2D eigenvalue weighted by atomic mass is 19.2. The van der Waals surface area contributed by atoms with E-state index in [1.807, 2.05) is 4.90 Å². The van der Waals surface area contributed by atoms with Gasteiger partial charge in [0, 0.05) is 25.2 Å². The number of amides is 1. The summed E-state index contributed by atoms with van der Waals surface area (Å²) in [6.07, 6.45) is 1.58. The van der Waals surface area contributed by atoms with Gasteiger partial charge in [0.2, 0.25) is 5.89 Å². The van der Waals surface area contributed by atoms with Crippen molar-refractivity contribution in [3.8, 4) is 0 Å². The predicted octanol–water partition coefficient (Wildman–Crippen LogP) is 1.45. The van der Waals surface area contributed by atoms with Crippen LogP contribution < -0.4 is 5.32 Å². The van der Waals surface area contributed by atoms with E-state index in [1.165, 1.54) is 18.4 Å². The van der Waals surface area contributed by atoms with E-state index in [4.69, 9.17) is 4.42 Å². The zero-order valence-corrected chi connectivity index (χ0v) is 12.8. The van der Waals surface area contributed by atoms with Crippen molar-refractivity contribution in [2.75, 3.05) is 13.1 Å². The van der Waals surface area contributed by atoms with Crippen LogP contribution in [0.2, 0.25) is 0 Å². The fourth-order valence-electron chi connectivity index (χ4n) is 2.59. The van der Waals surface area contributed by atoms with Crippen molar-refractivity contribution in [3.63, 3.8) is 0 Å². The van der Waals surface area contributed by atoms with E-state index in [0.717, 1.165) is 12.6 Å². The van der Waals surface area contributed by atoms with Crippen molar-refractivity contribution >= 4 is 5.91 Å². The molecule has 0 unspecified atom stereocenters. The molecule has 1 amide bonds. The Balaban J connectivity index is 1.56. The summed E-state index contributed by atoms with van der Waals surface area (Å²) in [5.74, 6) is -2.11. The van der Waals surface area contributed by atoms with Crippen molar-refractivity contribution in [3.05, 3.63) is 53.2 Å². The average molecular weight is 337 g/mol. The Labute approximate surface area is 137 Å². The molecule has 24 heavy (non-hydrogen) atoms. The molecule has 0 spiro atoms. The molecule has 6 nitrogen and oxygen atoms in total. The second-order valence-corrected chi connectivity index (χ2v) is 5.70. The van der Waals surface area contributed by atoms with Gasteiger partial charge in [-0.2, -0.15) is 0 Å². The maximum Gasteiger partial charge on any atom is 0.273 e. The van der Waals surface area contributed by atoms with Crippen LogP contribution >= 0.6 is 0 Å². The number of rotatable bonds is 5. The molecule has 128 valence electrons. The number of benzene rings is 1. The van der Waals surface area contributed by atoms with Gasteiger partial charge in [-0.15, -0.1) is 0 Å². The van der Waals surface area contributed by atoms with Gasteiger partial charge in [0.05, 0.1) is 12.6 Å². The van der Waals surface area contributed by atoms with Gasteiger partial charge in [-0.25, -0.2) is 13.8 Å². The smallest absolute Gasteiger partial charge is 0.273 e. The van der Waals surface area contributed by atoms with Crippen molar-refractivity contribution < 1.29 is 23.1 Å². The Morgan fingerprint density at radius 2 is 2.29 bits per heavy atom. The van der Waals surface area contributed by atoms with Crippen molar-refractivity contribution in [2.24, 2.45) is 0 Å². The molecule has 2 heterocycles. The molecule has 1 aliphatic heterocycles. The molecular formula is C16H17F2N3O3. The number of hydrogen-bond donors (Lipinski definition) is 2. The number of nitrogens with one attached hydrogen (secondary N) is 1. The number of halogens is 2. The molecule has 1 atom stereocenters. The van der Waals surface area contributed by atoms with Crippen molar-refractivity contribution in [1.82, 2.24) is 15.2 Å². The van der Waals surface area contributed by atoms with E-state index in [0.29, 0.717) is 25.4 Å². The first kappa shape index (κ1) is 16.5. The molecule has 0 radical (unpaired) electrons. The van der Waals surface area contributed by atoms with Crippen LogP contribution in [0.3, 0.4) is 0 Å². The van der Waals surface area contributed by atoms with Gasteiger partial charge in [-0.1, -0.05) is 12.1 Å². The third-order valence-electron chi connectivity index (χ3n) is 3.86. The van der Waals surface area contributed by atoms with Crippen LogP contribution in [0, 0.1) is 11.6 Å². The number of hydrogen-bond acceptors (Lipinski definition) is 5. The molecule has 0 saturated carbocycles. The van der Waals surface area contributed by atoms with Gasteiger partial charge in [-0.3, -0.25) is 9.69 Å². The first-order valence-electron chi connectivity index (χ1n) is 7.59. The van der Waals surface area contributed by atoms with Crippen LogP contribution in [0.5, 0.6) is 0 Å². The SMILES string of the molecule is O=C(NCc1cccc(F)c1F)c1coc(CN2CC[C@H](O)C2)n1. The number of carbonyl (C=O) groups excluding carboxylic acids is 1. The van der Waals surface area contributed by atoms with E-state index in [2.05, 4.69) is 10.3 Å². The summed E-state index contributed by atoms with van der Waals surface area (Å²) in [7, 11) is 0. The molecule has 1 saturated heterocycles. The van der Waals surface area contributed by atoms with E-state index in [-0.39, 0.29) is 23.9 Å². The summed E-state index contributed by atoms with van der Waals surface area (Å²) in [4.78, 5) is 18.1. The molecule has 0 aliphatic carbocycles. The summed E-state index contributed by atoms with van der Waals surface area (Å²) in [5.41, 5.74) is 0.125. The first-order valence-corrected chi connectivity index (χ1v) is 7.59. The van der Waals surface area contributed by atoms with Crippen LogP contribution in [0.15, 0.2) is 28.9 Å². The molecule has 2 aromatic rings. The number of aromatic nitrogens is 1. The predicted molar refractivity (Wildman–Crippen MR) is 79.9 cm³/mol. The van der Waals surface area contributed by atoms with E-state index >= 15 is 0 Å². The standard InChI is InChI=1S/C16H17F2N3O3/c17-12-3-1-2-10(15(12)18)6-19-16(23)13-9-24-14(20-13)8-21-5-4-11(22)7-21/h1-3,9,11,22H,4-8H2,(H,19,23)/t11-/m0/s1. The average Bonchev–Trinajstić information content (AvgIpc) is 3.18. The van der Waals surface area contributed by atoms with Gasteiger partial charge >= 0.3 is 0 Å². The molecule has 1 aromatic heterocycles. The fraction of sp³-hybridized carbons (Fsp3) is 0.375. The topological polar surface area (TPSA) is 78.6 Å². The van der Waals surface area contributed by atoms with Gasteiger partial charge in [-0.05, 0) is 12.5 Å². The molecule has 1 fully saturated rings. The second-order valence-electron chi connectivity index (χ2n) is 5.70. The van der Waals surface area contributed by atoms with Gasteiger partial charge in [0.1, 0.15) is 6.26 Å². The van der Waals surface area contributed by atoms with Crippen LogP contribution in [0.25, 0.3) is 0 Å². The lowest BCUT2D eigenvalue weighted by molar-refractivity contribution is 0.0945. The molecule has 2 N–H and O–H groups in total. The summed E-state index contributed by atoms with van der Waals surface area (Å²) < 4.78 is 31.9. The minimum Gasteiger partial charge on any atom is -0.447 e. The molecule has 1 aliphatic rings. The fourth-order valence-corrected chi connectivity index (χ4v) is 2.59. The normalized spacial score (nSPS) is 18.0. The Kier molecular flexibility index (Phi) is 4.86. The largest absolute Gasteiger partial charge is 0.447 e. The number of aliphatic hydroxyl groups excluding tert-OH is 1. The lowest BCUT2D eigenvalue weighted by Gasteiger charge is -2.11. The van der Waals surface area contributed by atoms with E-state index in [9.17, 15) is 18.7 Å². The van der Waals surface area contributed by atoms with Crippen LogP contribution in [0.4, 0.5) is 8.78 Å². The molecule has 8 heteroatoms. The number of aliphatic hydroxyl groups is 1. The molecular weight excluding hydrogens is 320 g/mol. The van der Waals surface area contributed by atoms with Gasteiger partial charge in [0.25, 0.3) is 5.91 Å². The second kappa shape index (κ2) is 7.06. The summed E-state index contributed by atoms with van der Waals surface area (Å²) in [6, 6.07) is 3.78. The summed E-state index contributed by atoms with van der Waals surface area (Å²) in [6.45, 7) is 1.54. The highest BCUT2D eigenvalue weighted by molar-refractivity contribution is 5.91. The Hall–Kier alpha value is -2.32. The Morgan fingerprint density at radius 3 is 3.04 bits per heavy atom. The zero-order valence-electron chi connectivity index (χ0n) is 12.8. The maximum atomic E-state index is 13.5. The lowest BCUT2D eigenvalue weighted by atomic mass is 10.2. The van der Waals surface area contributed by atoms with E-state index in [1.54, 1.807) is 0 Å². The third-order valence-corrected chi connectivity index (χ3v) is 3.86. The number of carbonyl (C=O) groups is 1. The first-order chi connectivity index (χ1) is 11.5. The van der Waals surface area contributed by atoms with Crippen LogP contribution in [0.1, 0.15) is 28.4 Å². The zero-order chi connectivity index (χ0) is 17.1. The third kappa shape index (κ3) is 3.77. The monoisotopic (exact) mass is 337 g/mol. The Bertz CT molecular complexity index is 735. The van der Waals surface area contributed by atoms with Crippen molar-refractivity contribution in [1.29, 1.82) is 0 Å². The lowest BCUT2D eigenvalue weighted by Crippen LogP contribution is -2.24. The van der Waals surface area contributed by atoms with Crippen molar-refractivity contribution in [2.45, 2.75) is 25.6 Å². The number of β-amino-alcohol motifs (C(OH)–C–C–N with tert-alkyl or cyclic N) is 1. The number of oxazole rings is 1. The number of likely N-dealkylation sites (tertiary alicyclic amines) is 1. The van der Waals surface area contributed by atoms with Gasteiger partial charge < -0.3 is 14.8 Å². The molecule has 3 rings (SSSR count). The van der Waals surface area contributed by atoms with Gasteiger partial charge in [0.15, 0.2) is 17.3 Å². The van der Waals surface area contributed by atoms with Crippen LogP contribution in [-0.2, 0) is 13.1 Å². The van der Waals surface area contributed by atoms with Crippen LogP contribution in [-0.4, -0.2) is 40.1 Å². The highest BCUT2D eigenvalue weighted by Crippen LogP contribution is 2.14. The molecule has 0 bridgehead atoms. The minimum atomic E-state index is -0.980. The minimum absolute atomic E-state index is 0.0538. The highest BCUT2D eigenvalue weighted by Gasteiger charge is 2.22. The maximum absolute atomic E-state index is 13.5. The summed E-state index contributed by atoms with van der Waals surface area (Å²) in [5, 5.41) is 12.0. The quantitative estimate of drug-likeness (QED) is 0.863.